The maximum absolute atomic E-state index is 12.7. The number of nitrogens with one attached hydrogen (secondary N) is 1. The quantitative estimate of drug-likeness (QED) is 0.570. The first-order valence-electron chi connectivity index (χ1n) is 9.64. The second-order valence-corrected chi connectivity index (χ2v) is 8.47. The molecule has 2 aromatic rings. The van der Waals surface area contributed by atoms with E-state index in [0.717, 1.165) is 16.7 Å². The lowest BCUT2D eigenvalue weighted by atomic mass is 9.95. The van der Waals surface area contributed by atoms with Crippen molar-refractivity contribution in [1.82, 2.24) is 0 Å². The van der Waals surface area contributed by atoms with Crippen LogP contribution in [0.25, 0.3) is 0 Å². The summed E-state index contributed by atoms with van der Waals surface area (Å²) in [6, 6.07) is 10.4. The van der Waals surface area contributed by atoms with Crippen LogP contribution in [0, 0.1) is 26.2 Å². The number of carbonyl (C=O) groups is 3. The molecule has 1 unspecified atom stereocenters. The highest BCUT2D eigenvalue weighted by Gasteiger charge is 2.24. The summed E-state index contributed by atoms with van der Waals surface area (Å²) in [6.45, 7) is 12.7. The molecule has 0 spiro atoms. The highest BCUT2D eigenvalue weighted by Crippen LogP contribution is 2.20. The summed E-state index contributed by atoms with van der Waals surface area (Å²) in [4.78, 5) is 37.3. The predicted octanol–water partition coefficient (Wildman–Crippen LogP) is 5.02. The Morgan fingerprint density at radius 1 is 0.931 bits per heavy atom. The lowest BCUT2D eigenvalue weighted by Gasteiger charge is -2.18. The Labute approximate surface area is 172 Å². The molecule has 0 saturated heterocycles. The van der Waals surface area contributed by atoms with Crippen molar-refractivity contribution in [3.8, 4) is 0 Å². The molecule has 2 rings (SSSR count). The number of ether oxygens (including phenoxy) is 1. The third-order valence-electron chi connectivity index (χ3n) is 4.64. The maximum atomic E-state index is 12.7. The topological polar surface area (TPSA) is 72.5 Å². The number of Topliss-reactive ketones (excluding diaryl/α,β-unsaturated/α-hetero) is 1. The van der Waals surface area contributed by atoms with Crippen molar-refractivity contribution < 1.29 is 19.1 Å². The minimum atomic E-state index is -0.919. The van der Waals surface area contributed by atoms with Gasteiger partial charge in [-0.05, 0) is 63.1 Å². The molecule has 0 heterocycles. The molecule has 0 radical (unpaired) electrons. The van der Waals surface area contributed by atoms with Gasteiger partial charge in [-0.1, -0.05) is 38.5 Å². The van der Waals surface area contributed by atoms with E-state index in [2.05, 4.69) is 5.32 Å². The Bertz CT molecular complexity index is 913. The lowest BCUT2D eigenvalue weighted by Crippen LogP contribution is -2.27. The molecule has 5 heteroatoms. The van der Waals surface area contributed by atoms with Gasteiger partial charge in [0.15, 0.2) is 6.10 Å². The molecular formula is C24H29NO4. The van der Waals surface area contributed by atoms with Gasteiger partial charge in [0.1, 0.15) is 0 Å². The van der Waals surface area contributed by atoms with Crippen molar-refractivity contribution in [1.29, 1.82) is 0 Å². The number of carbonyl (C=O) groups excluding carboxylic acids is 3. The smallest absolute Gasteiger partial charge is 0.339 e. The van der Waals surface area contributed by atoms with Gasteiger partial charge in [0, 0.05) is 16.7 Å². The van der Waals surface area contributed by atoms with Gasteiger partial charge in [0.25, 0.3) is 0 Å². The SMILES string of the molecule is Cc1cc(C)c(C(=O)OC(C)C(=O)c2ccc(NC(=O)C(C)(C)C)cc2)c(C)c1. The first-order valence-corrected chi connectivity index (χ1v) is 9.64. The van der Waals surface area contributed by atoms with E-state index in [1.165, 1.54) is 0 Å². The standard InChI is InChI=1S/C24H29NO4/c1-14-12-15(2)20(16(3)13-14)22(27)29-17(4)21(26)18-8-10-19(11-9-18)25-23(28)24(5,6)7/h8-13,17H,1-7H3,(H,25,28). The zero-order valence-electron chi connectivity index (χ0n) is 18.2. The Hall–Kier alpha value is -2.95. The normalized spacial score (nSPS) is 12.2. The molecule has 1 N–H and O–H groups in total. The van der Waals surface area contributed by atoms with Gasteiger partial charge in [0.2, 0.25) is 11.7 Å². The van der Waals surface area contributed by atoms with Gasteiger partial charge in [0.05, 0.1) is 5.56 Å². The van der Waals surface area contributed by atoms with Crippen LogP contribution in [0.15, 0.2) is 36.4 Å². The highest BCUT2D eigenvalue weighted by atomic mass is 16.5. The molecule has 0 aliphatic rings. The van der Waals surface area contributed by atoms with Crippen LogP contribution in [0.1, 0.15) is 65.1 Å². The van der Waals surface area contributed by atoms with E-state index in [1.807, 2.05) is 53.7 Å². The number of benzene rings is 2. The first-order chi connectivity index (χ1) is 13.4. The molecule has 2 aromatic carbocycles. The fourth-order valence-electron chi connectivity index (χ4n) is 3.05. The molecule has 0 saturated carbocycles. The van der Waals surface area contributed by atoms with Crippen molar-refractivity contribution >= 4 is 23.3 Å². The van der Waals surface area contributed by atoms with Crippen LogP contribution in [0.3, 0.4) is 0 Å². The minimum Gasteiger partial charge on any atom is -0.451 e. The monoisotopic (exact) mass is 395 g/mol. The summed E-state index contributed by atoms with van der Waals surface area (Å²) in [6.07, 6.45) is -0.919. The average molecular weight is 395 g/mol. The van der Waals surface area contributed by atoms with E-state index in [0.29, 0.717) is 16.8 Å². The van der Waals surface area contributed by atoms with E-state index < -0.39 is 17.5 Å². The zero-order valence-corrected chi connectivity index (χ0v) is 18.2. The largest absolute Gasteiger partial charge is 0.451 e. The molecule has 0 bridgehead atoms. The molecule has 29 heavy (non-hydrogen) atoms. The van der Waals surface area contributed by atoms with Crippen LogP contribution in [0.4, 0.5) is 5.69 Å². The first kappa shape index (κ1) is 22.3. The van der Waals surface area contributed by atoms with E-state index in [9.17, 15) is 14.4 Å². The van der Waals surface area contributed by atoms with Crippen molar-refractivity contribution in [2.24, 2.45) is 5.41 Å². The van der Waals surface area contributed by atoms with Gasteiger partial charge >= 0.3 is 5.97 Å². The molecule has 0 aliphatic heterocycles. The number of esters is 1. The Morgan fingerprint density at radius 3 is 1.93 bits per heavy atom. The summed E-state index contributed by atoms with van der Waals surface area (Å²) in [5.41, 5.74) is 3.73. The summed E-state index contributed by atoms with van der Waals surface area (Å²) in [5.74, 6) is -0.910. The Kier molecular flexibility index (Phi) is 6.62. The molecule has 0 aliphatic carbocycles. The zero-order chi connectivity index (χ0) is 21.9. The number of hydrogen-bond donors (Lipinski definition) is 1. The lowest BCUT2D eigenvalue weighted by molar-refractivity contribution is -0.123. The molecular weight excluding hydrogens is 366 g/mol. The number of rotatable bonds is 5. The molecule has 1 amide bonds. The van der Waals surface area contributed by atoms with Crippen LogP contribution in [0.2, 0.25) is 0 Å². The Morgan fingerprint density at radius 2 is 1.45 bits per heavy atom. The summed E-state index contributed by atoms with van der Waals surface area (Å²) < 4.78 is 5.44. The second-order valence-electron chi connectivity index (χ2n) is 8.47. The molecule has 0 fully saturated rings. The van der Waals surface area contributed by atoms with Crippen molar-refractivity contribution in [2.75, 3.05) is 5.32 Å². The van der Waals surface area contributed by atoms with Crippen LogP contribution >= 0.6 is 0 Å². The maximum Gasteiger partial charge on any atom is 0.339 e. The number of ketones is 1. The van der Waals surface area contributed by atoms with E-state index in [4.69, 9.17) is 4.74 Å². The van der Waals surface area contributed by atoms with Gasteiger partial charge in [-0.25, -0.2) is 4.79 Å². The van der Waals surface area contributed by atoms with Gasteiger partial charge in [-0.2, -0.15) is 0 Å². The summed E-state index contributed by atoms with van der Waals surface area (Å²) >= 11 is 0. The summed E-state index contributed by atoms with van der Waals surface area (Å²) in [5, 5.41) is 2.81. The number of anilines is 1. The van der Waals surface area contributed by atoms with Crippen LogP contribution in [-0.4, -0.2) is 23.8 Å². The third kappa shape index (κ3) is 5.53. The number of aryl methyl sites for hydroxylation is 3. The van der Waals surface area contributed by atoms with Crippen molar-refractivity contribution in [2.45, 2.75) is 54.6 Å². The van der Waals surface area contributed by atoms with Gasteiger partial charge in [-0.3, -0.25) is 9.59 Å². The van der Waals surface area contributed by atoms with E-state index in [1.54, 1.807) is 31.2 Å². The average Bonchev–Trinajstić information content (AvgIpc) is 2.59. The van der Waals surface area contributed by atoms with Crippen LogP contribution in [-0.2, 0) is 9.53 Å². The number of hydrogen-bond acceptors (Lipinski definition) is 4. The van der Waals surface area contributed by atoms with Crippen LogP contribution in [0.5, 0.6) is 0 Å². The van der Waals surface area contributed by atoms with Crippen molar-refractivity contribution in [3.63, 3.8) is 0 Å². The molecule has 1 atom stereocenters. The van der Waals surface area contributed by atoms with Crippen molar-refractivity contribution in [3.05, 3.63) is 64.2 Å². The highest BCUT2D eigenvalue weighted by molar-refractivity contribution is 6.02. The fraction of sp³-hybridized carbons (Fsp3) is 0.375. The summed E-state index contributed by atoms with van der Waals surface area (Å²) in [7, 11) is 0. The van der Waals surface area contributed by atoms with E-state index in [-0.39, 0.29) is 11.7 Å². The van der Waals surface area contributed by atoms with E-state index >= 15 is 0 Å². The molecule has 154 valence electrons. The Balaban J connectivity index is 2.09. The van der Waals surface area contributed by atoms with Gasteiger partial charge < -0.3 is 10.1 Å². The third-order valence-corrected chi connectivity index (χ3v) is 4.64. The predicted molar refractivity (Wildman–Crippen MR) is 114 cm³/mol. The molecule has 5 nitrogen and oxygen atoms in total. The van der Waals surface area contributed by atoms with Crippen LogP contribution < -0.4 is 5.32 Å². The number of amides is 1. The minimum absolute atomic E-state index is 0.109. The second kappa shape index (κ2) is 8.60. The fourth-order valence-corrected chi connectivity index (χ4v) is 3.05. The van der Waals surface area contributed by atoms with Gasteiger partial charge in [-0.15, -0.1) is 0 Å². The molecule has 0 aromatic heterocycles.